The minimum absolute atomic E-state index is 0.0404. The lowest BCUT2D eigenvalue weighted by Gasteiger charge is -2.31. The van der Waals surface area contributed by atoms with Crippen LogP contribution in [0.5, 0.6) is 11.5 Å². The highest BCUT2D eigenvalue weighted by Crippen LogP contribution is 2.33. The van der Waals surface area contributed by atoms with E-state index in [9.17, 15) is 18.4 Å². The van der Waals surface area contributed by atoms with Crippen molar-refractivity contribution in [2.75, 3.05) is 32.9 Å². The van der Waals surface area contributed by atoms with Gasteiger partial charge in [0.05, 0.1) is 19.5 Å². The molecule has 0 spiro atoms. The molecule has 172 valence electrons. The fraction of sp³-hybridized carbons (Fsp3) is 0.500. The number of ether oxygens (including phenoxy) is 3. The maximum Gasteiger partial charge on any atom is 0.341 e. The number of nitrogens with zero attached hydrogens (tertiary/aromatic N) is 3. The monoisotopic (exact) mass is 449 g/mol. The molecule has 0 atom stereocenters. The van der Waals surface area contributed by atoms with Crippen LogP contribution in [0.15, 0.2) is 24.4 Å². The Morgan fingerprint density at radius 2 is 1.91 bits per heavy atom. The molecule has 2 aromatic rings. The van der Waals surface area contributed by atoms with Gasteiger partial charge in [-0.25, -0.2) is 18.3 Å². The van der Waals surface area contributed by atoms with Gasteiger partial charge in [0.2, 0.25) is 0 Å². The summed E-state index contributed by atoms with van der Waals surface area (Å²) < 4.78 is 44.2. The van der Waals surface area contributed by atoms with Gasteiger partial charge in [-0.05, 0) is 38.0 Å². The lowest BCUT2D eigenvalue weighted by atomic mass is 9.89. The minimum Gasteiger partial charge on any atom is -0.486 e. The summed E-state index contributed by atoms with van der Waals surface area (Å²) in [6, 6.07) is 5.22. The third-order valence-electron chi connectivity index (χ3n) is 5.70. The number of benzene rings is 1. The third kappa shape index (κ3) is 4.59. The number of halogens is 2. The van der Waals surface area contributed by atoms with Gasteiger partial charge in [0.25, 0.3) is 6.43 Å². The van der Waals surface area contributed by atoms with E-state index in [0.29, 0.717) is 56.2 Å². The summed E-state index contributed by atoms with van der Waals surface area (Å²) >= 11 is 0. The van der Waals surface area contributed by atoms with Gasteiger partial charge in [0, 0.05) is 24.6 Å². The van der Waals surface area contributed by atoms with E-state index >= 15 is 0 Å². The van der Waals surface area contributed by atoms with Crippen molar-refractivity contribution in [2.24, 2.45) is 5.92 Å². The predicted molar refractivity (Wildman–Crippen MR) is 109 cm³/mol. The molecule has 10 heteroatoms. The number of rotatable bonds is 7. The normalized spacial score (nSPS) is 16.9. The first kappa shape index (κ1) is 22.2. The van der Waals surface area contributed by atoms with Crippen LogP contribution in [0, 0.1) is 5.92 Å². The Bertz CT molecular complexity index is 986. The van der Waals surface area contributed by atoms with Crippen molar-refractivity contribution in [3.05, 3.63) is 41.2 Å². The summed E-state index contributed by atoms with van der Waals surface area (Å²) in [7, 11) is 0. The smallest absolute Gasteiger partial charge is 0.341 e. The molecule has 1 aromatic heterocycles. The molecule has 0 radical (unpaired) electrons. The summed E-state index contributed by atoms with van der Waals surface area (Å²) in [5.41, 5.74) is -0.0812. The summed E-state index contributed by atoms with van der Waals surface area (Å²) in [5, 5.41) is 3.98. The highest BCUT2D eigenvalue weighted by Gasteiger charge is 2.30. The summed E-state index contributed by atoms with van der Waals surface area (Å²) in [4.78, 5) is 26.8. The number of ketones is 1. The van der Waals surface area contributed by atoms with Gasteiger partial charge >= 0.3 is 5.97 Å². The lowest BCUT2D eigenvalue weighted by Crippen LogP contribution is -2.38. The van der Waals surface area contributed by atoms with E-state index in [4.69, 9.17) is 14.2 Å². The van der Waals surface area contributed by atoms with E-state index in [0.717, 1.165) is 10.9 Å². The second-order valence-corrected chi connectivity index (χ2v) is 7.72. The molecule has 0 aliphatic carbocycles. The molecule has 2 aliphatic rings. The molecular formula is C22H25F2N3O5. The average molecular weight is 449 g/mol. The highest BCUT2D eigenvalue weighted by atomic mass is 19.3. The van der Waals surface area contributed by atoms with Crippen molar-refractivity contribution in [3.8, 4) is 11.5 Å². The van der Waals surface area contributed by atoms with E-state index in [-0.39, 0.29) is 30.5 Å². The molecular weight excluding hydrogens is 424 g/mol. The molecule has 3 heterocycles. The SMILES string of the molecule is CCOC(=O)c1cnn(CN2CCC(C(=O)c3ccc4c(c3)OCCO4)CC2)c1C(F)F. The number of carbonyl (C=O) groups is 2. The van der Waals surface area contributed by atoms with Gasteiger partial charge in [0.15, 0.2) is 17.3 Å². The molecule has 2 aliphatic heterocycles. The Labute approximate surface area is 184 Å². The number of alkyl halides is 2. The van der Waals surface area contributed by atoms with Crippen molar-refractivity contribution in [1.82, 2.24) is 14.7 Å². The van der Waals surface area contributed by atoms with Crippen LogP contribution in [0.4, 0.5) is 8.78 Å². The van der Waals surface area contributed by atoms with E-state index in [1.54, 1.807) is 25.1 Å². The number of hydrogen-bond acceptors (Lipinski definition) is 7. The first-order valence-corrected chi connectivity index (χ1v) is 10.6. The Hall–Kier alpha value is -3.01. The molecule has 4 rings (SSSR count). The van der Waals surface area contributed by atoms with Crippen molar-refractivity contribution in [3.63, 3.8) is 0 Å². The second kappa shape index (κ2) is 9.64. The molecule has 32 heavy (non-hydrogen) atoms. The van der Waals surface area contributed by atoms with Crippen LogP contribution >= 0.6 is 0 Å². The van der Waals surface area contributed by atoms with Crippen LogP contribution in [0.2, 0.25) is 0 Å². The number of fused-ring (bicyclic) bond motifs is 1. The van der Waals surface area contributed by atoms with Gasteiger partial charge in [-0.1, -0.05) is 0 Å². The van der Waals surface area contributed by atoms with Gasteiger partial charge in [-0.2, -0.15) is 5.10 Å². The van der Waals surface area contributed by atoms with E-state index in [2.05, 4.69) is 5.10 Å². The standard InChI is InChI=1S/C22H25F2N3O5/c1-2-30-22(29)16-12-25-27(19(16)21(23)24)13-26-7-5-14(6-8-26)20(28)15-3-4-17-18(11-15)32-10-9-31-17/h3-4,11-12,14,21H,2,5-10,13H2,1H3. The van der Waals surface area contributed by atoms with E-state index in [1.165, 1.54) is 0 Å². The summed E-state index contributed by atoms with van der Waals surface area (Å²) in [5.74, 6) is 0.293. The van der Waals surface area contributed by atoms with Crippen LogP contribution in [-0.4, -0.2) is 59.3 Å². The number of Topliss-reactive ketones (excluding diaryl/α,β-unsaturated/α-hetero) is 1. The maximum absolute atomic E-state index is 13.6. The van der Waals surface area contributed by atoms with Gasteiger partial charge in [-0.3, -0.25) is 9.69 Å². The second-order valence-electron chi connectivity index (χ2n) is 7.72. The number of carbonyl (C=O) groups excluding carboxylic acids is 2. The van der Waals surface area contributed by atoms with Crippen LogP contribution < -0.4 is 9.47 Å². The lowest BCUT2D eigenvalue weighted by molar-refractivity contribution is 0.0509. The Morgan fingerprint density at radius 3 is 2.59 bits per heavy atom. The van der Waals surface area contributed by atoms with E-state index in [1.807, 2.05) is 4.90 Å². The number of hydrogen-bond donors (Lipinski definition) is 0. The fourth-order valence-electron chi connectivity index (χ4n) is 4.06. The first-order valence-electron chi connectivity index (χ1n) is 10.6. The van der Waals surface area contributed by atoms with Gasteiger partial charge in [0.1, 0.15) is 24.5 Å². The largest absolute Gasteiger partial charge is 0.486 e. The van der Waals surface area contributed by atoms with Crippen molar-refractivity contribution < 1.29 is 32.6 Å². The third-order valence-corrected chi connectivity index (χ3v) is 5.70. The van der Waals surface area contributed by atoms with E-state index < -0.39 is 18.1 Å². The molecule has 0 N–H and O–H groups in total. The van der Waals surface area contributed by atoms with Gasteiger partial charge < -0.3 is 14.2 Å². The van der Waals surface area contributed by atoms with Crippen molar-refractivity contribution in [1.29, 1.82) is 0 Å². The topological polar surface area (TPSA) is 82.9 Å². The number of piperidine rings is 1. The zero-order chi connectivity index (χ0) is 22.7. The predicted octanol–water partition coefficient (Wildman–Crippen LogP) is 3.32. The van der Waals surface area contributed by atoms with Crippen LogP contribution in [0.3, 0.4) is 0 Å². The number of esters is 1. The zero-order valence-corrected chi connectivity index (χ0v) is 17.8. The Kier molecular flexibility index (Phi) is 6.69. The highest BCUT2D eigenvalue weighted by molar-refractivity contribution is 5.98. The van der Waals surface area contributed by atoms with Crippen LogP contribution in [-0.2, 0) is 11.4 Å². The van der Waals surface area contributed by atoms with Crippen molar-refractivity contribution >= 4 is 11.8 Å². The number of aromatic nitrogens is 2. The maximum atomic E-state index is 13.6. The van der Waals surface area contributed by atoms with Crippen LogP contribution in [0.1, 0.15) is 52.6 Å². The number of likely N-dealkylation sites (tertiary alicyclic amines) is 1. The van der Waals surface area contributed by atoms with Gasteiger partial charge in [-0.15, -0.1) is 0 Å². The molecule has 8 nitrogen and oxygen atoms in total. The molecule has 1 aromatic carbocycles. The summed E-state index contributed by atoms with van der Waals surface area (Å²) in [6.07, 6.45) is -0.532. The first-order chi connectivity index (χ1) is 15.5. The summed E-state index contributed by atoms with van der Waals surface area (Å²) in [6.45, 7) is 3.87. The molecule has 1 fully saturated rings. The average Bonchev–Trinajstić information content (AvgIpc) is 3.23. The van der Waals surface area contributed by atoms with Crippen molar-refractivity contribution in [2.45, 2.75) is 32.9 Å². The fourth-order valence-corrected chi connectivity index (χ4v) is 4.06. The minimum atomic E-state index is -2.86. The molecule has 0 unspecified atom stereocenters. The molecule has 1 saturated heterocycles. The molecule has 0 bridgehead atoms. The molecule has 0 saturated carbocycles. The van der Waals surface area contributed by atoms with Crippen LogP contribution in [0.25, 0.3) is 0 Å². The Morgan fingerprint density at radius 1 is 1.19 bits per heavy atom. The quantitative estimate of drug-likeness (QED) is 0.474. The Balaban J connectivity index is 1.38. The zero-order valence-electron chi connectivity index (χ0n) is 17.8. The molecule has 0 amide bonds.